The van der Waals surface area contributed by atoms with Gasteiger partial charge in [-0.25, -0.2) is 0 Å². The zero-order valence-electron chi connectivity index (χ0n) is 52.9. The van der Waals surface area contributed by atoms with Gasteiger partial charge in [0, 0.05) is 0 Å². The largest absolute Gasteiger partial charge is 0.394 e. The molecule has 0 spiro atoms. The normalized spacial score (nSPS) is 13.6. The molecule has 4 unspecified atom stereocenters. The average Bonchev–Trinajstić information content (AvgIpc) is 3.45. The van der Waals surface area contributed by atoms with Crippen LogP contribution >= 0.6 is 0 Å². The van der Waals surface area contributed by atoms with Crippen LogP contribution in [0.15, 0.2) is 24.3 Å². The molecule has 0 radical (unpaired) electrons. The molecule has 0 aromatic carbocycles. The summed E-state index contributed by atoms with van der Waals surface area (Å²) in [5, 5.41) is 44.2. The first-order chi connectivity index (χ1) is 38.5. The maximum Gasteiger partial charge on any atom is 0.249 e. The summed E-state index contributed by atoms with van der Waals surface area (Å²) in [7, 11) is 0. The van der Waals surface area contributed by atoms with Crippen LogP contribution in [0.4, 0.5) is 0 Å². The first-order valence-corrected chi connectivity index (χ1v) is 35.7. The van der Waals surface area contributed by atoms with Gasteiger partial charge in [0.1, 0.15) is 12.2 Å². The SMILES string of the molecule is CCCCCCCCCCCCCCCC/C=C\CCCCCCCCCCCCCCCCCCC(O)C(=O)NC(CO)C(O)C(O)CCC/C=C/CCCCCCCCCCCCCCCCCCCCCCCCC. The number of allylic oxidation sites excluding steroid dienone is 4. The van der Waals surface area contributed by atoms with Crippen LogP contribution in [0.25, 0.3) is 0 Å². The highest BCUT2D eigenvalue weighted by Crippen LogP contribution is 2.19. The summed E-state index contributed by atoms with van der Waals surface area (Å²) in [5.74, 6) is -0.586. The minimum Gasteiger partial charge on any atom is -0.394 e. The molecule has 4 atom stereocenters. The van der Waals surface area contributed by atoms with Crippen molar-refractivity contribution >= 4 is 5.91 Å². The summed E-state index contributed by atoms with van der Waals surface area (Å²) < 4.78 is 0. The fourth-order valence-electron chi connectivity index (χ4n) is 11.6. The van der Waals surface area contributed by atoms with Crippen molar-refractivity contribution in [3.8, 4) is 0 Å². The van der Waals surface area contributed by atoms with E-state index >= 15 is 0 Å². The van der Waals surface area contributed by atoms with Crippen LogP contribution in [-0.2, 0) is 4.79 Å². The third kappa shape index (κ3) is 59.4. The Labute approximate surface area is 488 Å². The van der Waals surface area contributed by atoms with E-state index in [1.165, 1.54) is 334 Å². The van der Waals surface area contributed by atoms with Crippen molar-refractivity contribution in [3.05, 3.63) is 24.3 Å². The van der Waals surface area contributed by atoms with Gasteiger partial charge in [0.2, 0.25) is 5.91 Å². The van der Waals surface area contributed by atoms with Crippen LogP contribution in [0.1, 0.15) is 399 Å². The molecule has 0 fully saturated rings. The molecule has 464 valence electrons. The summed E-state index contributed by atoms with van der Waals surface area (Å²) in [4.78, 5) is 12.7. The van der Waals surface area contributed by atoms with E-state index in [0.717, 1.165) is 38.5 Å². The smallest absolute Gasteiger partial charge is 0.249 e. The molecule has 0 heterocycles. The van der Waals surface area contributed by atoms with Gasteiger partial charge in [-0.15, -0.1) is 0 Å². The predicted octanol–water partition coefficient (Wildman–Crippen LogP) is 22.1. The van der Waals surface area contributed by atoms with Gasteiger partial charge < -0.3 is 25.7 Å². The van der Waals surface area contributed by atoms with Crippen LogP contribution in [0.3, 0.4) is 0 Å². The monoisotopic (exact) mass is 1100 g/mol. The number of aliphatic hydroxyl groups excluding tert-OH is 4. The standard InChI is InChI=1S/C72H141NO5/c1-3-5-7-9-11-13-15-17-19-21-23-25-27-29-31-33-34-35-36-37-38-40-42-44-46-48-50-52-54-56-58-60-62-64-66-70(76)72(78)73-68(67-74)71(77)69(75)65-63-61-59-57-55-53-51-49-47-45-43-41-39-32-30-28-26-24-22-20-18-16-14-12-10-8-6-4-2/h33-34,57,59,68-71,74-77H,3-32,35-56,58,60-67H2,1-2H3,(H,73,78)/b34-33-,59-57+. The Morgan fingerprint density at radius 2 is 0.526 bits per heavy atom. The molecule has 5 N–H and O–H groups in total. The highest BCUT2D eigenvalue weighted by atomic mass is 16.3. The van der Waals surface area contributed by atoms with Crippen LogP contribution in [0.2, 0.25) is 0 Å². The summed E-state index contributed by atoms with van der Waals surface area (Å²) in [6, 6.07) is -1.00. The number of amides is 1. The Balaban J connectivity index is 3.55. The van der Waals surface area contributed by atoms with E-state index in [4.69, 9.17) is 0 Å². The van der Waals surface area contributed by atoms with E-state index in [1.807, 2.05) is 0 Å². The molecule has 0 bridgehead atoms. The van der Waals surface area contributed by atoms with Gasteiger partial charge in [-0.05, 0) is 64.2 Å². The molecule has 0 aromatic heterocycles. The zero-order chi connectivity index (χ0) is 56.6. The molecular formula is C72H141NO5. The molecule has 0 rings (SSSR count). The third-order valence-corrected chi connectivity index (χ3v) is 17.1. The average molecular weight is 1100 g/mol. The molecule has 78 heavy (non-hydrogen) atoms. The molecule has 0 aliphatic carbocycles. The van der Waals surface area contributed by atoms with Crippen molar-refractivity contribution in [2.24, 2.45) is 0 Å². The van der Waals surface area contributed by atoms with Crippen LogP contribution in [0, 0.1) is 0 Å². The number of hydrogen-bond acceptors (Lipinski definition) is 5. The first-order valence-electron chi connectivity index (χ1n) is 35.7. The Bertz CT molecular complexity index is 1190. The molecule has 0 aliphatic heterocycles. The Hall–Kier alpha value is -1.21. The Morgan fingerprint density at radius 1 is 0.308 bits per heavy atom. The Morgan fingerprint density at radius 3 is 0.769 bits per heavy atom. The second-order valence-electron chi connectivity index (χ2n) is 24.9. The second-order valence-corrected chi connectivity index (χ2v) is 24.9. The quantitative estimate of drug-likeness (QED) is 0.0308. The fourth-order valence-corrected chi connectivity index (χ4v) is 11.6. The predicted molar refractivity (Wildman–Crippen MR) is 344 cm³/mol. The van der Waals surface area contributed by atoms with Crippen LogP contribution < -0.4 is 5.32 Å². The third-order valence-electron chi connectivity index (χ3n) is 17.1. The minimum absolute atomic E-state index is 0.367. The molecule has 0 aromatic rings. The lowest BCUT2D eigenvalue weighted by Crippen LogP contribution is -2.53. The van der Waals surface area contributed by atoms with Gasteiger partial charge in [-0.1, -0.05) is 359 Å². The van der Waals surface area contributed by atoms with Crippen molar-refractivity contribution in [3.63, 3.8) is 0 Å². The highest BCUT2D eigenvalue weighted by Gasteiger charge is 2.28. The summed E-state index contributed by atoms with van der Waals surface area (Å²) in [6.07, 6.45) is 84.6. The van der Waals surface area contributed by atoms with Gasteiger partial charge in [0.05, 0.1) is 18.8 Å². The van der Waals surface area contributed by atoms with Gasteiger partial charge >= 0.3 is 0 Å². The van der Waals surface area contributed by atoms with Crippen molar-refractivity contribution in [1.82, 2.24) is 5.32 Å². The van der Waals surface area contributed by atoms with E-state index in [9.17, 15) is 25.2 Å². The highest BCUT2D eigenvalue weighted by molar-refractivity contribution is 5.80. The lowest BCUT2D eigenvalue weighted by atomic mass is 10.00. The number of nitrogens with one attached hydrogen (secondary N) is 1. The number of rotatable bonds is 67. The molecule has 6 heteroatoms. The van der Waals surface area contributed by atoms with Gasteiger partial charge in [-0.3, -0.25) is 4.79 Å². The van der Waals surface area contributed by atoms with Crippen molar-refractivity contribution in [2.45, 2.75) is 423 Å². The molecule has 0 aliphatic rings. The lowest BCUT2D eigenvalue weighted by molar-refractivity contribution is -0.132. The molecular weight excluding hydrogens is 959 g/mol. The summed E-state index contributed by atoms with van der Waals surface area (Å²) in [5.41, 5.74) is 0. The lowest BCUT2D eigenvalue weighted by Gasteiger charge is -2.27. The van der Waals surface area contributed by atoms with E-state index in [-0.39, 0.29) is 0 Å². The van der Waals surface area contributed by atoms with E-state index < -0.39 is 36.9 Å². The van der Waals surface area contributed by atoms with Crippen molar-refractivity contribution < 1.29 is 25.2 Å². The number of carbonyl (C=O) groups is 1. The number of carbonyl (C=O) groups excluding carboxylic acids is 1. The van der Waals surface area contributed by atoms with E-state index in [2.05, 4.69) is 43.5 Å². The number of hydrogen-bond donors (Lipinski definition) is 5. The van der Waals surface area contributed by atoms with Crippen molar-refractivity contribution in [2.75, 3.05) is 6.61 Å². The molecule has 1 amide bonds. The fraction of sp³-hybridized carbons (Fsp3) is 0.931. The van der Waals surface area contributed by atoms with E-state index in [0.29, 0.717) is 12.8 Å². The molecule has 6 nitrogen and oxygen atoms in total. The van der Waals surface area contributed by atoms with Gasteiger partial charge in [0.25, 0.3) is 0 Å². The molecule has 0 saturated heterocycles. The zero-order valence-corrected chi connectivity index (χ0v) is 52.9. The van der Waals surface area contributed by atoms with Gasteiger partial charge in [0.15, 0.2) is 0 Å². The summed E-state index contributed by atoms with van der Waals surface area (Å²) in [6.45, 7) is 4.10. The van der Waals surface area contributed by atoms with Gasteiger partial charge in [-0.2, -0.15) is 0 Å². The van der Waals surface area contributed by atoms with E-state index in [1.54, 1.807) is 0 Å². The first kappa shape index (κ1) is 76.8. The van der Waals surface area contributed by atoms with Crippen LogP contribution in [-0.4, -0.2) is 57.3 Å². The number of unbranched alkanes of at least 4 members (excludes halogenated alkanes) is 54. The molecule has 0 saturated carbocycles. The maximum absolute atomic E-state index is 12.7. The maximum atomic E-state index is 12.7. The van der Waals surface area contributed by atoms with Crippen molar-refractivity contribution in [1.29, 1.82) is 0 Å². The Kier molecular flexibility index (Phi) is 65.6. The topological polar surface area (TPSA) is 110 Å². The number of aliphatic hydroxyl groups is 4. The minimum atomic E-state index is -1.28. The second kappa shape index (κ2) is 66.6. The summed E-state index contributed by atoms with van der Waals surface area (Å²) >= 11 is 0. The van der Waals surface area contributed by atoms with Crippen LogP contribution in [0.5, 0.6) is 0 Å².